The van der Waals surface area contributed by atoms with Crippen molar-refractivity contribution >= 4 is 0 Å². The van der Waals surface area contributed by atoms with Crippen LogP contribution in [0.2, 0.25) is 0 Å². The Bertz CT molecular complexity index is 213. The maximum absolute atomic E-state index is 9.81. The van der Waals surface area contributed by atoms with Crippen LogP contribution in [-0.2, 0) is 0 Å². The molecule has 0 aromatic rings. The number of likely N-dealkylation sites (tertiary alicyclic amines) is 1. The number of rotatable bonds is 7. The van der Waals surface area contributed by atoms with Crippen molar-refractivity contribution in [2.24, 2.45) is 5.92 Å². The van der Waals surface area contributed by atoms with Gasteiger partial charge in [0.25, 0.3) is 0 Å². The second-order valence-electron chi connectivity index (χ2n) is 6.29. The Labute approximate surface area is 112 Å². The highest BCUT2D eigenvalue weighted by Crippen LogP contribution is 2.11. The van der Waals surface area contributed by atoms with Crippen molar-refractivity contribution in [3.63, 3.8) is 0 Å². The molecule has 0 radical (unpaired) electrons. The molecular formula is C14H31N3O. The van der Waals surface area contributed by atoms with E-state index in [1.54, 1.807) is 0 Å². The maximum Gasteiger partial charge on any atom is 0.0791 e. The minimum absolute atomic E-state index is 0.256. The number of aliphatic hydroxyl groups is 1. The molecule has 2 N–H and O–H groups in total. The SMILES string of the molecule is CC(C)CN1CCC(NCC(O)CN(C)C)CC1. The Morgan fingerprint density at radius 2 is 1.89 bits per heavy atom. The molecule has 1 rings (SSSR count). The summed E-state index contributed by atoms with van der Waals surface area (Å²) in [4.78, 5) is 4.58. The molecule has 1 heterocycles. The molecule has 1 atom stereocenters. The summed E-state index contributed by atoms with van der Waals surface area (Å²) in [7, 11) is 3.99. The Balaban J connectivity index is 2.12. The summed E-state index contributed by atoms with van der Waals surface area (Å²) in [6, 6.07) is 0.588. The lowest BCUT2D eigenvalue weighted by Gasteiger charge is -2.33. The quantitative estimate of drug-likeness (QED) is 0.701. The highest BCUT2D eigenvalue weighted by molar-refractivity contribution is 4.78. The number of hydrogen-bond acceptors (Lipinski definition) is 4. The van der Waals surface area contributed by atoms with Gasteiger partial charge in [-0.1, -0.05) is 13.8 Å². The van der Waals surface area contributed by atoms with Crippen molar-refractivity contribution < 1.29 is 5.11 Å². The predicted molar refractivity (Wildman–Crippen MR) is 76.9 cm³/mol. The van der Waals surface area contributed by atoms with Crippen molar-refractivity contribution in [1.82, 2.24) is 15.1 Å². The summed E-state index contributed by atoms with van der Waals surface area (Å²) in [5.74, 6) is 0.761. The average Bonchev–Trinajstić information content (AvgIpc) is 2.26. The lowest BCUT2D eigenvalue weighted by molar-refractivity contribution is 0.121. The highest BCUT2D eigenvalue weighted by atomic mass is 16.3. The van der Waals surface area contributed by atoms with Crippen molar-refractivity contribution in [1.29, 1.82) is 0 Å². The monoisotopic (exact) mass is 257 g/mol. The molecule has 1 unspecified atom stereocenters. The van der Waals surface area contributed by atoms with Crippen LogP contribution in [0, 0.1) is 5.92 Å². The minimum Gasteiger partial charge on any atom is -0.390 e. The topological polar surface area (TPSA) is 38.7 Å². The molecule has 108 valence electrons. The van der Waals surface area contributed by atoms with Crippen LogP contribution in [0.15, 0.2) is 0 Å². The van der Waals surface area contributed by atoms with Gasteiger partial charge >= 0.3 is 0 Å². The van der Waals surface area contributed by atoms with Gasteiger partial charge in [-0.3, -0.25) is 0 Å². The number of likely N-dealkylation sites (N-methyl/N-ethyl adjacent to an activating group) is 1. The van der Waals surface area contributed by atoms with E-state index in [0.29, 0.717) is 12.6 Å². The summed E-state index contributed by atoms with van der Waals surface area (Å²) in [5, 5.41) is 13.3. The number of aliphatic hydroxyl groups excluding tert-OH is 1. The zero-order chi connectivity index (χ0) is 13.5. The van der Waals surface area contributed by atoms with E-state index in [9.17, 15) is 5.11 Å². The van der Waals surface area contributed by atoms with Crippen molar-refractivity contribution in [3.05, 3.63) is 0 Å². The largest absolute Gasteiger partial charge is 0.390 e. The van der Waals surface area contributed by atoms with Gasteiger partial charge in [0.05, 0.1) is 6.10 Å². The van der Waals surface area contributed by atoms with Crippen LogP contribution in [0.4, 0.5) is 0 Å². The minimum atomic E-state index is -0.256. The maximum atomic E-state index is 9.81. The molecule has 18 heavy (non-hydrogen) atoms. The standard InChI is InChI=1S/C14H31N3O/c1-12(2)10-17-7-5-13(6-8-17)15-9-14(18)11-16(3)4/h12-15,18H,5-11H2,1-4H3. The average molecular weight is 257 g/mol. The Hall–Kier alpha value is -0.160. The Morgan fingerprint density at radius 1 is 1.28 bits per heavy atom. The zero-order valence-electron chi connectivity index (χ0n) is 12.5. The van der Waals surface area contributed by atoms with Crippen LogP contribution in [0.5, 0.6) is 0 Å². The number of hydrogen-bond donors (Lipinski definition) is 2. The summed E-state index contributed by atoms with van der Waals surface area (Å²) in [6.45, 7) is 9.62. The van der Waals surface area contributed by atoms with Gasteiger partial charge in [-0.05, 0) is 45.9 Å². The van der Waals surface area contributed by atoms with Crippen LogP contribution in [-0.4, -0.2) is 73.9 Å². The van der Waals surface area contributed by atoms with Gasteiger partial charge in [-0.25, -0.2) is 0 Å². The Kier molecular flexibility index (Phi) is 7.15. The van der Waals surface area contributed by atoms with Crippen LogP contribution in [0.1, 0.15) is 26.7 Å². The first-order valence-corrected chi connectivity index (χ1v) is 7.26. The molecule has 0 spiro atoms. The molecular weight excluding hydrogens is 226 g/mol. The molecule has 1 saturated heterocycles. The summed E-state index contributed by atoms with van der Waals surface area (Å²) in [6.07, 6.45) is 2.16. The predicted octanol–water partition coefficient (Wildman–Crippen LogP) is 0.619. The van der Waals surface area contributed by atoms with Gasteiger partial charge in [0, 0.05) is 25.7 Å². The molecule has 0 aromatic carbocycles. The normalized spacial score (nSPS) is 20.8. The first kappa shape index (κ1) is 15.9. The third-order valence-electron chi connectivity index (χ3n) is 3.43. The van der Waals surface area contributed by atoms with E-state index in [1.165, 1.54) is 32.5 Å². The van der Waals surface area contributed by atoms with E-state index in [4.69, 9.17) is 0 Å². The van der Waals surface area contributed by atoms with E-state index in [0.717, 1.165) is 12.5 Å². The van der Waals surface area contributed by atoms with E-state index in [1.807, 2.05) is 19.0 Å². The van der Waals surface area contributed by atoms with Gasteiger partial charge in [-0.2, -0.15) is 0 Å². The molecule has 1 fully saturated rings. The van der Waals surface area contributed by atoms with Crippen LogP contribution in [0.25, 0.3) is 0 Å². The van der Waals surface area contributed by atoms with Crippen LogP contribution < -0.4 is 5.32 Å². The summed E-state index contributed by atoms with van der Waals surface area (Å²) in [5.41, 5.74) is 0. The van der Waals surface area contributed by atoms with Crippen molar-refractivity contribution in [2.45, 2.75) is 38.8 Å². The molecule has 1 aliphatic heterocycles. The number of nitrogens with zero attached hydrogens (tertiary/aromatic N) is 2. The third-order valence-corrected chi connectivity index (χ3v) is 3.43. The zero-order valence-corrected chi connectivity index (χ0v) is 12.5. The Morgan fingerprint density at radius 3 is 2.39 bits per heavy atom. The molecule has 4 nitrogen and oxygen atoms in total. The summed E-state index contributed by atoms with van der Waals surface area (Å²) >= 11 is 0. The van der Waals surface area contributed by atoms with Gasteiger partial charge in [-0.15, -0.1) is 0 Å². The lowest BCUT2D eigenvalue weighted by atomic mass is 10.0. The number of piperidine rings is 1. The molecule has 4 heteroatoms. The molecule has 0 saturated carbocycles. The molecule has 1 aliphatic rings. The molecule has 0 aliphatic carbocycles. The van der Waals surface area contributed by atoms with Gasteiger partial charge in [0.2, 0.25) is 0 Å². The second-order valence-corrected chi connectivity index (χ2v) is 6.29. The van der Waals surface area contributed by atoms with Crippen LogP contribution in [0.3, 0.4) is 0 Å². The van der Waals surface area contributed by atoms with Gasteiger partial charge in [0.1, 0.15) is 0 Å². The van der Waals surface area contributed by atoms with Crippen molar-refractivity contribution in [3.8, 4) is 0 Å². The van der Waals surface area contributed by atoms with Crippen molar-refractivity contribution in [2.75, 3.05) is 46.8 Å². The van der Waals surface area contributed by atoms with Crippen LogP contribution >= 0.6 is 0 Å². The molecule has 0 bridgehead atoms. The highest BCUT2D eigenvalue weighted by Gasteiger charge is 2.19. The first-order valence-electron chi connectivity index (χ1n) is 7.26. The first-order chi connectivity index (χ1) is 8.47. The smallest absolute Gasteiger partial charge is 0.0791 e. The third kappa shape index (κ3) is 6.69. The fourth-order valence-electron chi connectivity index (χ4n) is 2.62. The lowest BCUT2D eigenvalue weighted by Crippen LogP contribution is -2.46. The van der Waals surface area contributed by atoms with Gasteiger partial charge < -0.3 is 20.2 Å². The molecule has 0 aromatic heterocycles. The van der Waals surface area contributed by atoms with E-state index < -0.39 is 0 Å². The number of nitrogens with one attached hydrogen (secondary N) is 1. The fourth-order valence-corrected chi connectivity index (χ4v) is 2.62. The fraction of sp³-hybridized carbons (Fsp3) is 1.00. The van der Waals surface area contributed by atoms with E-state index >= 15 is 0 Å². The summed E-state index contributed by atoms with van der Waals surface area (Å²) < 4.78 is 0. The van der Waals surface area contributed by atoms with E-state index in [-0.39, 0.29) is 6.10 Å². The van der Waals surface area contributed by atoms with E-state index in [2.05, 4.69) is 24.1 Å². The second kappa shape index (κ2) is 8.10. The molecule has 0 amide bonds. The van der Waals surface area contributed by atoms with Gasteiger partial charge in [0.15, 0.2) is 0 Å².